The van der Waals surface area contributed by atoms with E-state index in [1.807, 2.05) is 24.3 Å². The zero-order valence-electron chi connectivity index (χ0n) is 17.5. The summed E-state index contributed by atoms with van der Waals surface area (Å²) in [5, 5.41) is 6.89. The number of carbonyl (C=O) groups is 2. The van der Waals surface area contributed by atoms with Crippen LogP contribution in [0.3, 0.4) is 0 Å². The smallest absolute Gasteiger partial charge is 0.409 e. The maximum Gasteiger partial charge on any atom is 0.409 e. The minimum absolute atomic E-state index is 0.0712. The van der Waals surface area contributed by atoms with E-state index in [1.54, 1.807) is 17.0 Å². The van der Waals surface area contributed by atoms with Crippen molar-refractivity contribution in [1.82, 2.24) is 4.90 Å². The predicted molar refractivity (Wildman–Crippen MR) is 119 cm³/mol. The molecule has 6 heteroatoms. The van der Waals surface area contributed by atoms with Gasteiger partial charge in [0.15, 0.2) is 0 Å². The highest BCUT2D eigenvalue weighted by Gasteiger charge is 2.32. The van der Waals surface area contributed by atoms with Gasteiger partial charge in [0.2, 0.25) is 0 Å². The van der Waals surface area contributed by atoms with Crippen LogP contribution in [0.5, 0.6) is 0 Å². The lowest BCUT2D eigenvalue weighted by Crippen LogP contribution is -2.30. The van der Waals surface area contributed by atoms with Gasteiger partial charge in [-0.25, -0.2) is 9.18 Å². The molecule has 1 saturated heterocycles. The first-order valence-electron chi connectivity index (χ1n) is 10.6. The molecular formula is C26H24FNO4. The van der Waals surface area contributed by atoms with Gasteiger partial charge in [0, 0.05) is 24.9 Å². The number of carboxylic acid groups (broad SMARTS) is 1. The first-order valence-corrected chi connectivity index (χ1v) is 10.6. The molecule has 0 saturated carbocycles. The van der Waals surface area contributed by atoms with E-state index in [0.717, 1.165) is 12.0 Å². The Morgan fingerprint density at radius 3 is 2.16 bits per heavy atom. The van der Waals surface area contributed by atoms with Gasteiger partial charge in [-0.3, -0.25) is 4.79 Å². The van der Waals surface area contributed by atoms with Gasteiger partial charge in [-0.05, 0) is 46.4 Å². The fraction of sp³-hybridized carbons (Fsp3) is 0.231. The van der Waals surface area contributed by atoms with Gasteiger partial charge in [-0.15, -0.1) is 0 Å². The average molecular weight is 433 g/mol. The topological polar surface area (TPSA) is 66.8 Å². The molecule has 1 amide bonds. The number of benzene rings is 3. The molecule has 1 fully saturated rings. The summed E-state index contributed by atoms with van der Waals surface area (Å²) < 4.78 is 18.9. The average Bonchev–Trinajstić information content (AvgIpc) is 3.42. The monoisotopic (exact) mass is 433 g/mol. The van der Waals surface area contributed by atoms with Crippen LogP contribution in [0, 0.1) is 5.82 Å². The summed E-state index contributed by atoms with van der Waals surface area (Å²) in [7, 11) is 0. The number of likely N-dealkylation sites (tertiary alicyclic amines) is 1. The lowest BCUT2D eigenvalue weighted by atomic mass is 9.98. The first kappa shape index (κ1) is 21.6. The quantitative estimate of drug-likeness (QED) is 0.572. The number of nitrogens with zero attached hydrogens (tertiary/aromatic N) is 1. The first-order chi connectivity index (χ1) is 15.6. The molecule has 0 radical (unpaired) electrons. The van der Waals surface area contributed by atoms with Crippen molar-refractivity contribution >= 4 is 12.6 Å². The number of hydrogen-bond donors (Lipinski definition) is 1. The molecule has 0 spiro atoms. The van der Waals surface area contributed by atoms with Gasteiger partial charge >= 0.3 is 6.09 Å². The normalized spacial score (nSPS) is 16.5. The van der Waals surface area contributed by atoms with Crippen molar-refractivity contribution in [3.8, 4) is 11.1 Å². The highest BCUT2D eigenvalue weighted by atomic mass is 19.1. The Morgan fingerprint density at radius 1 is 1.00 bits per heavy atom. The van der Waals surface area contributed by atoms with Gasteiger partial charge in [0.05, 0.1) is 0 Å². The van der Waals surface area contributed by atoms with Gasteiger partial charge in [0.1, 0.15) is 12.4 Å². The number of hydrogen-bond acceptors (Lipinski definition) is 3. The number of halogens is 1. The summed E-state index contributed by atoms with van der Waals surface area (Å²) in [6.45, 7) is 1.37. The summed E-state index contributed by atoms with van der Waals surface area (Å²) in [6.07, 6.45) is 0.604. The lowest BCUT2D eigenvalue weighted by Gasteiger charge is -2.19. The Balaban J connectivity index is 0.000000775. The van der Waals surface area contributed by atoms with Gasteiger partial charge in [-0.2, -0.15) is 0 Å². The zero-order chi connectivity index (χ0) is 22.5. The van der Waals surface area contributed by atoms with E-state index in [9.17, 15) is 9.18 Å². The molecule has 1 atom stereocenters. The third-order valence-electron chi connectivity index (χ3n) is 6.12. The van der Waals surface area contributed by atoms with E-state index in [0.29, 0.717) is 19.7 Å². The van der Waals surface area contributed by atoms with E-state index in [-0.39, 0.29) is 30.2 Å². The Bertz CT molecular complexity index is 1050. The molecule has 0 aromatic heterocycles. The van der Waals surface area contributed by atoms with Crippen LogP contribution >= 0.6 is 0 Å². The Morgan fingerprint density at radius 2 is 1.56 bits per heavy atom. The molecule has 1 heterocycles. The van der Waals surface area contributed by atoms with E-state index >= 15 is 0 Å². The summed E-state index contributed by atoms with van der Waals surface area (Å²) in [4.78, 5) is 22.8. The molecule has 1 aliphatic carbocycles. The van der Waals surface area contributed by atoms with Crippen molar-refractivity contribution in [2.75, 3.05) is 19.7 Å². The highest BCUT2D eigenvalue weighted by molar-refractivity contribution is 5.79. The number of fused-ring (bicyclic) bond motifs is 3. The fourth-order valence-corrected chi connectivity index (χ4v) is 4.62. The van der Waals surface area contributed by atoms with Crippen LogP contribution in [0.25, 0.3) is 11.1 Å². The van der Waals surface area contributed by atoms with E-state index in [4.69, 9.17) is 14.6 Å². The van der Waals surface area contributed by atoms with Crippen molar-refractivity contribution < 1.29 is 23.8 Å². The SMILES string of the molecule is O=C(OCC1c2ccccc2-c2ccccc21)N1CCC(c2ccc(F)cc2)C1.O=CO. The Kier molecular flexibility index (Phi) is 6.50. The molecule has 5 nitrogen and oxygen atoms in total. The van der Waals surface area contributed by atoms with E-state index in [1.165, 1.54) is 34.4 Å². The summed E-state index contributed by atoms with van der Waals surface area (Å²) in [5.74, 6) is 0.0677. The van der Waals surface area contributed by atoms with Crippen molar-refractivity contribution in [2.24, 2.45) is 0 Å². The van der Waals surface area contributed by atoms with Crippen molar-refractivity contribution in [1.29, 1.82) is 0 Å². The maximum absolute atomic E-state index is 13.2. The number of ether oxygens (including phenoxy) is 1. The molecular weight excluding hydrogens is 409 g/mol. The van der Waals surface area contributed by atoms with Crippen molar-refractivity contribution in [3.05, 3.63) is 95.3 Å². The van der Waals surface area contributed by atoms with Crippen molar-refractivity contribution in [2.45, 2.75) is 18.3 Å². The highest BCUT2D eigenvalue weighted by Crippen LogP contribution is 2.44. The Hall–Kier alpha value is -3.67. The summed E-state index contributed by atoms with van der Waals surface area (Å²) in [6, 6.07) is 23.2. The van der Waals surface area contributed by atoms with Crippen LogP contribution in [-0.4, -0.2) is 42.3 Å². The molecule has 1 N–H and O–H groups in total. The third-order valence-corrected chi connectivity index (χ3v) is 6.12. The third kappa shape index (κ3) is 4.35. The van der Waals surface area contributed by atoms with Crippen LogP contribution in [0.4, 0.5) is 9.18 Å². The second-order valence-electron chi connectivity index (χ2n) is 7.89. The lowest BCUT2D eigenvalue weighted by molar-refractivity contribution is -0.122. The molecule has 2 aliphatic rings. The number of carbonyl (C=O) groups excluding carboxylic acids is 1. The second-order valence-corrected chi connectivity index (χ2v) is 7.89. The Labute approximate surface area is 186 Å². The maximum atomic E-state index is 13.2. The van der Waals surface area contributed by atoms with Crippen molar-refractivity contribution in [3.63, 3.8) is 0 Å². The van der Waals surface area contributed by atoms with E-state index in [2.05, 4.69) is 24.3 Å². The second kappa shape index (κ2) is 9.64. The minimum atomic E-state index is -0.267. The molecule has 1 unspecified atom stereocenters. The fourth-order valence-electron chi connectivity index (χ4n) is 4.62. The molecule has 32 heavy (non-hydrogen) atoms. The largest absolute Gasteiger partial charge is 0.483 e. The molecule has 1 aliphatic heterocycles. The molecule has 5 rings (SSSR count). The van der Waals surface area contributed by atoms with Gasteiger partial charge in [0.25, 0.3) is 6.47 Å². The summed E-state index contributed by atoms with van der Waals surface area (Å²) in [5.41, 5.74) is 5.95. The summed E-state index contributed by atoms with van der Waals surface area (Å²) >= 11 is 0. The minimum Gasteiger partial charge on any atom is -0.483 e. The standard InChI is InChI=1S/C25H22FNO2.CH2O2/c26-19-11-9-17(10-12-19)18-13-14-27(15-18)25(28)29-16-24-22-7-3-1-5-20(22)21-6-2-4-8-23(21)24;2-1-3/h1-12,18,24H,13-16H2;1H,(H,2,3). The van der Waals surface area contributed by atoms with Crippen LogP contribution in [-0.2, 0) is 9.53 Å². The van der Waals surface area contributed by atoms with Gasteiger partial charge in [-0.1, -0.05) is 60.7 Å². The predicted octanol–water partition coefficient (Wildman–Crippen LogP) is 5.26. The molecule has 3 aromatic carbocycles. The van der Waals surface area contributed by atoms with Gasteiger partial charge < -0.3 is 14.7 Å². The number of rotatable bonds is 3. The van der Waals surface area contributed by atoms with E-state index < -0.39 is 0 Å². The number of amides is 1. The van der Waals surface area contributed by atoms with Crippen LogP contribution in [0.2, 0.25) is 0 Å². The molecule has 3 aromatic rings. The van der Waals surface area contributed by atoms with Crippen LogP contribution in [0.15, 0.2) is 72.8 Å². The zero-order valence-corrected chi connectivity index (χ0v) is 17.5. The van der Waals surface area contributed by atoms with Crippen LogP contribution < -0.4 is 0 Å². The molecule has 164 valence electrons. The van der Waals surface area contributed by atoms with Crippen LogP contribution in [0.1, 0.15) is 34.9 Å². The molecule has 0 bridgehead atoms.